The minimum Gasteiger partial charge on any atom is -0.449 e. The average molecular weight is 767 g/mol. The van der Waals surface area contributed by atoms with Crippen LogP contribution in [0.2, 0.25) is 0 Å². The molecule has 16 nitrogen and oxygen atoms in total. The van der Waals surface area contributed by atoms with Gasteiger partial charge >= 0.3 is 18.3 Å². The molecule has 0 bridgehead atoms. The van der Waals surface area contributed by atoms with Gasteiger partial charge in [0, 0.05) is 30.3 Å². The van der Waals surface area contributed by atoms with E-state index in [0.717, 1.165) is 22.3 Å². The van der Waals surface area contributed by atoms with E-state index in [1.54, 1.807) is 26.0 Å². The van der Waals surface area contributed by atoms with Crippen molar-refractivity contribution >= 4 is 41.5 Å². The number of ether oxygens (including phenoxy) is 3. The highest BCUT2D eigenvalue weighted by Crippen LogP contribution is 2.44. The maximum atomic E-state index is 14.5. The number of urea groups is 1. The highest BCUT2D eigenvalue weighted by atomic mass is 16.7. The number of nitrogens with zero attached hydrogens (tertiary/aromatic N) is 2. The molecule has 16 heteroatoms. The van der Waals surface area contributed by atoms with E-state index in [9.17, 15) is 34.1 Å². The molecule has 1 aliphatic rings. The highest BCUT2D eigenvalue weighted by Gasteiger charge is 2.37. The summed E-state index contributed by atoms with van der Waals surface area (Å²) in [6.45, 7) is 3.35. The van der Waals surface area contributed by atoms with Crippen LogP contribution in [0, 0.1) is 16.0 Å². The molecule has 0 spiro atoms. The molecule has 5 rings (SSSR count). The number of carbonyl (C=O) groups is 5. The molecule has 56 heavy (non-hydrogen) atoms. The second kappa shape index (κ2) is 18.4. The third-order valence-corrected chi connectivity index (χ3v) is 9.20. The fourth-order valence-corrected chi connectivity index (χ4v) is 6.45. The van der Waals surface area contributed by atoms with Crippen molar-refractivity contribution in [3.8, 4) is 16.9 Å². The second-order valence-electron chi connectivity index (χ2n) is 13.3. The first-order valence-corrected chi connectivity index (χ1v) is 17.8. The number of nitro groups is 1. The predicted octanol–water partition coefficient (Wildman–Crippen LogP) is 5.51. The van der Waals surface area contributed by atoms with Crippen molar-refractivity contribution < 1.29 is 43.1 Å². The molecule has 2 unspecified atom stereocenters. The van der Waals surface area contributed by atoms with Crippen LogP contribution in [-0.2, 0) is 25.7 Å². The Labute approximate surface area is 322 Å². The Hall–Kier alpha value is -6.97. The van der Waals surface area contributed by atoms with Crippen molar-refractivity contribution in [2.75, 3.05) is 18.1 Å². The number of alkyl carbamates (subject to hydrolysis) is 1. The van der Waals surface area contributed by atoms with Gasteiger partial charge in [-0.05, 0) is 70.8 Å². The minimum atomic E-state index is -1.21. The van der Waals surface area contributed by atoms with E-state index in [1.165, 1.54) is 41.3 Å². The number of benzene rings is 4. The molecular weight excluding hydrogens is 724 g/mol. The molecule has 0 heterocycles. The van der Waals surface area contributed by atoms with E-state index >= 15 is 0 Å². The summed E-state index contributed by atoms with van der Waals surface area (Å²) >= 11 is 0. The first kappa shape index (κ1) is 40.2. The number of nitrogens with two attached hydrogens (primary N) is 2. The number of carbonyl (C=O) groups excluding carboxylic acids is 5. The molecular formula is C40H42N6O10. The van der Waals surface area contributed by atoms with Gasteiger partial charge in [-0.1, -0.05) is 74.5 Å². The van der Waals surface area contributed by atoms with Crippen LogP contribution in [0.3, 0.4) is 0 Å². The molecule has 0 fully saturated rings. The van der Waals surface area contributed by atoms with Gasteiger partial charge in [-0.25, -0.2) is 14.4 Å². The van der Waals surface area contributed by atoms with Crippen LogP contribution < -0.4 is 31.7 Å². The van der Waals surface area contributed by atoms with Crippen LogP contribution >= 0.6 is 0 Å². The number of nitrogens with one attached hydrogen (secondary N) is 2. The predicted molar refractivity (Wildman–Crippen MR) is 204 cm³/mol. The van der Waals surface area contributed by atoms with E-state index in [-0.39, 0.29) is 55.6 Å². The zero-order valence-electron chi connectivity index (χ0n) is 30.7. The lowest BCUT2D eigenvalue weighted by atomic mass is 9.98. The van der Waals surface area contributed by atoms with Crippen molar-refractivity contribution in [3.63, 3.8) is 0 Å². The Morgan fingerprint density at radius 1 is 0.839 bits per heavy atom. The van der Waals surface area contributed by atoms with Gasteiger partial charge in [0.1, 0.15) is 31.0 Å². The Balaban J connectivity index is 1.30. The molecule has 5 amide bonds. The smallest absolute Gasteiger partial charge is 0.449 e. The van der Waals surface area contributed by atoms with Crippen molar-refractivity contribution in [3.05, 3.63) is 124 Å². The van der Waals surface area contributed by atoms with Gasteiger partial charge in [0.2, 0.25) is 5.91 Å². The maximum Gasteiger partial charge on any atom is 0.514 e. The summed E-state index contributed by atoms with van der Waals surface area (Å²) in [6.07, 6.45) is -1.61. The SMILES string of the molecule is CC(C)C(NC(=O)OCC1c2ccccc2-c2ccccc21)C(=O)N(c1ccc(COC(=O)Oc2ccc([N+](=O)[O-])cc2)cc1)C(CCCNC(N)=O)C(N)=O. The van der Waals surface area contributed by atoms with E-state index in [1.807, 2.05) is 48.5 Å². The fourth-order valence-electron chi connectivity index (χ4n) is 6.45. The second-order valence-corrected chi connectivity index (χ2v) is 13.3. The zero-order chi connectivity index (χ0) is 40.4. The largest absolute Gasteiger partial charge is 0.514 e. The van der Waals surface area contributed by atoms with Crippen LogP contribution in [0.4, 0.5) is 25.8 Å². The van der Waals surface area contributed by atoms with E-state index < -0.39 is 53.0 Å². The monoisotopic (exact) mass is 766 g/mol. The van der Waals surface area contributed by atoms with Gasteiger partial charge in [-0.3, -0.25) is 24.6 Å². The number of amides is 5. The number of nitro benzene ring substituents is 1. The van der Waals surface area contributed by atoms with E-state index in [2.05, 4.69) is 10.6 Å². The Morgan fingerprint density at radius 2 is 1.45 bits per heavy atom. The third-order valence-electron chi connectivity index (χ3n) is 9.20. The molecule has 292 valence electrons. The Morgan fingerprint density at radius 3 is 2.00 bits per heavy atom. The van der Waals surface area contributed by atoms with Crippen LogP contribution in [-0.4, -0.2) is 60.3 Å². The van der Waals surface area contributed by atoms with Gasteiger partial charge in [0.25, 0.3) is 11.6 Å². The molecule has 6 N–H and O–H groups in total. The molecule has 0 radical (unpaired) electrons. The van der Waals surface area contributed by atoms with Crippen molar-refractivity contribution in [1.82, 2.24) is 10.6 Å². The van der Waals surface area contributed by atoms with Crippen molar-refractivity contribution in [2.45, 2.75) is 51.3 Å². The van der Waals surface area contributed by atoms with Crippen LogP contribution in [0.1, 0.15) is 49.3 Å². The molecule has 0 saturated carbocycles. The lowest BCUT2D eigenvalue weighted by Crippen LogP contribution is -2.57. The molecule has 1 aliphatic carbocycles. The topological polar surface area (TPSA) is 236 Å². The minimum absolute atomic E-state index is 0.0182. The molecule has 0 saturated heterocycles. The number of non-ortho nitro benzene ring substituents is 1. The zero-order valence-corrected chi connectivity index (χ0v) is 30.7. The van der Waals surface area contributed by atoms with Crippen LogP contribution in [0.5, 0.6) is 5.75 Å². The average Bonchev–Trinajstić information content (AvgIpc) is 3.50. The first-order valence-electron chi connectivity index (χ1n) is 17.8. The number of primary amides is 2. The van der Waals surface area contributed by atoms with Crippen LogP contribution in [0.25, 0.3) is 11.1 Å². The summed E-state index contributed by atoms with van der Waals surface area (Å²) in [5.41, 5.74) is 15.8. The standard InChI is InChI=1S/C40H42N6O10/c1-24(2)35(44-39(50)54-23-33-31-10-5-3-8-29(31)30-9-4-6-11-32(30)33)37(48)45(34(36(41)47)12-7-21-43-38(42)49)26-15-13-25(14-16-26)22-55-40(51)56-28-19-17-27(18-20-28)46(52)53/h3-6,8-11,13-20,24,33-35H,7,12,21-23H2,1-2H3,(H2,41,47)(H,44,50)(H3,42,43,49). The van der Waals surface area contributed by atoms with Crippen molar-refractivity contribution in [2.24, 2.45) is 17.4 Å². The summed E-state index contributed by atoms with van der Waals surface area (Å²) < 4.78 is 16.0. The summed E-state index contributed by atoms with van der Waals surface area (Å²) in [6, 6.07) is 23.7. The third kappa shape index (κ3) is 9.96. The van der Waals surface area contributed by atoms with Crippen molar-refractivity contribution in [1.29, 1.82) is 0 Å². The van der Waals surface area contributed by atoms with Crippen LogP contribution in [0.15, 0.2) is 97.1 Å². The molecule has 0 aromatic heterocycles. The number of anilines is 1. The van der Waals surface area contributed by atoms with Gasteiger partial charge in [-0.2, -0.15) is 0 Å². The summed E-state index contributed by atoms with van der Waals surface area (Å²) in [4.78, 5) is 75.9. The van der Waals surface area contributed by atoms with Gasteiger partial charge in [0.05, 0.1) is 4.92 Å². The lowest BCUT2D eigenvalue weighted by molar-refractivity contribution is -0.384. The lowest BCUT2D eigenvalue weighted by Gasteiger charge is -2.34. The normalized spacial score (nSPS) is 12.7. The van der Waals surface area contributed by atoms with Gasteiger partial charge in [0.15, 0.2) is 0 Å². The molecule has 0 aliphatic heterocycles. The maximum absolute atomic E-state index is 14.5. The number of fused-ring (bicyclic) bond motifs is 3. The van der Waals surface area contributed by atoms with Gasteiger partial charge in [-0.15, -0.1) is 0 Å². The fraction of sp³-hybridized carbons (Fsp3) is 0.275. The number of hydrogen-bond donors (Lipinski definition) is 4. The van der Waals surface area contributed by atoms with E-state index in [0.29, 0.717) is 5.56 Å². The highest BCUT2D eigenvalue weighted by molar-refractivity contribution is 6.04. The number of rotatable bonds is 16. The quantitative estimate of drug-likeness (QED) is 0.0367. The first-order chi connectivity index (χ1) is 26.8. The van der Waals surface area contributed by atoms with Gasteiger partial charge < -0.3 is 36.3 Å². The Bertz CT molecular complexity index is 2030. The van der Waals surface area contributed by atoms with E-state index in [4.69, 9.17) is 25.7 Å². The Kier molecular flexibility index (Phi) is 13.2. The summed E-state index contributed by atoms with van der Waals surface area (Å²) in [7, 11) is 0. The molecule has 2 atom stereocenters. The summed E-state index contributed by atoms with van der Waals surface area (Å²) in [5, 5.41) is 16.0. The molecule has 4 aromatic rings. The number of hydrogen-bond acceptors (Lipinski definition) is 10. The summed E-state index contributed by atoms with van der Waals surface area (Å²) in [5.74, 6) is -2.11. The molecule has 4 aromatic carbocycles.